The highest BCUT2D eigenvalue weighted by Crippen LogP contribution is 2.34. The zero-order valence-electron chi connectivity index (χ0n) is 6.74. The van der Waals surface area contributed by atoms with E-state index in [0.29, 0.717) is 11.3 Å². The number of hydrogen-bond acceptors (Lipinski definition) is 2. The van der Waals surface area contributed by atoms with E-state index in [4.69, 9.17) is 0 Å². The van der Waals surface area contributed by atoms with Crippen LogP contribution in [0.4, 0.5) is 0 Å². The number of allylic oxidation sites excluding steroid dienone is 2. The largest absolute Gasteiger partial charge is 0.274 e. The first-order valence-electron chi connectivity index (χ1n) is 3.83. The van der Waals surface area contributed by atoms with Crippen molar-refractivity contribution in [3.05, 3.63) is 23.8 Å². The standard InChI is InChI=1S/C9H11NS/c1-6-4-3-5-8-9(6)11-7(2)10-8/h3-5,8-9H,1-2H3. The number of thioether (sulfide) groups is 1. The molecule has 1 heterocycles. The van der Waals surface area contributed by atoms with E-state index >= 15 is 0 Å². The van der Waals surface area contributed by atoms with Crippen molar-refractivity contribution < 1.29 is 0 Å². The lowest BCUT2D eigenvalue weighted by molar-refractivity contribution is 0.826. The van der Waals surface area contributed by atoms with Gasteiger partial charge in [0.2, 0.25) is 0 Å². The summed E-state index contributed by atoms with van der Waals surface area (Å²) < 4.78 is 0. The summed E-state index contributed by atoms with van der Waals surface area (Å²) in [5.41, 5.74) is 1.45. The average molecular weight is 165 g/mol. The van der Waals surface area contributed by atoms with E-state index in [1.165, 1.54) is 10.6 Å². The fraction of sp³-hybridized carbons (Fsp3) is 0.444. The van der Waals surface area contributed by atoms with Crippen LogP contribution in [0.1, 0.15) is 13.8 Å². The van der Waals surface area contributed by atoms with Crippen LogP contribution in [-0.4, -0.2) is 16.3 Å². The zero-order chi connectivity index (χ0) is 7.84. The minimum atomic E-state index is 0.421. The molecule has 0 aromatic heterocycles. The van der Waals surface area contributed by atoms with Gasteiger partial charge in [-0.3, -0.25) is 4.99 Å². The Morgan fingerprint density at radius 3 is 3.00 bits per heavy atom. The molecule has 2 aliphatic rings. The Hall–Kier alpha value is -0.500. The van der Waals surface area contributed by atoms with Crippen molar-refractivity contribution in [1.29, 1.82) is 0 Å². The molecular formula is C9H11NS. The third kappa shape index (κ3) is 1.16. The highest BCUT2D eigenvalue weighted by atomic mass is 32.2. The third-order valence-corrected chi connectivity index (χ3v) is 3.41. The summed E-state index contributed by atoms with van der Waals surface area (Å²) in [6.45, 7) is 4.27. The number of rotatable bonds is 0. The number of nitrogens with zero attached hydrogens (tertiary/aromatic N) is 1. The van der Waals surface area contributed by atoms with Gasteiger partial charge in [0.1, 0.15) is 0 Å². The summed E-state index contributed by atoms with van der Waals surface area (Å²) in [6.07, 6.45) is 6.47. The van der Waals surface area contributed by atoms with Gasteiger partial charge in [0.15, 0.2) is 0 Å². The molecule has 1 nitrogen and oxygen atoms in total. The summed E-state index contributed by atoms with van der Waals surface area (Å²) in [4.78, 5) is 4.51. The Balaban J connectivity index is 2.28. The van der Waals surface area contributed by atoms with Crippen LogP contribution in [0.25, 0.3) is 0 Å². The molecule has 2 heteroatoms. The first kappa shape index (κ1) is 7.17. The van der Waals surface area contributed by atoms with E-state index in [-0.39, 0.29) is 0 Å². The maximum Gasteiger partial charge on any atom is 0.0852 e. The minimum Gasteiger partial charge on any atom is -0.274 e. The maximum atomic E-state index is 4.51. The quantitative estimate of drug-likeness (QED) is 0.537. The van der Waals surface area contributed by atoms with Gasteiger partial charge in [-0.1, -0.05) is 23.8 Å². The first-order chi connectivity index (χ1) is 5.27. The lowest BCUT2D eigenvalue weighted by Gasteiger charge is -2.17. The van der Waals surface area contributed by atoms with Crippen molar-refractivity contribution in [2.24, 2.45) is 4.99 Å². The van der Waals surface area contributed by atoms with Crippen LogP contribution in [0.5, 0.6) is 0 Å². The molecule has 0 radical (unpaired) electrons. The van der Waals surface area contributed by atoms with Crippen LogP contribution in [0, 0.1) is 0 Å². The Labute approximate surface area is 71.3 Å². The normalized spacial score (nSPS) is 34.7. The first-order valence-corrected chi connectivity index (χ1v) is 4.71. The van der Waals surface area contributed by atoms with Gasteiger partial charge in [-0.05, 0) is 13.8 Å². The van der Waals surface area contributed by atoms with E-state index in [1.807, 2.05) is 11.8 Å². The Morgan fingerprint density at radius 2 is 2.27 bits per heavy atom. The second kappa shape index (κ2) is 2.52. The lowest BCUT2D eigenvalue weighted by Crippen LogP contribution is -2.18. The zero-order valence-corrected chi connectivity index (χ0v) is 7.56. The van der Waals surface area contributed by atoms with Crippen molar-refractivity contribution in [2.75, 3.05) is 0 Å². The van der Waals surface area contributed by atoms with Crippen LogP contribution >= 0.6 is 11.8 Å². The molecule has 0 fully saturated rings. The van der Waals surface area contributed by atoms with E-state index in [2.05, 4.69) is 37.1 Å². The molecular weight excluding hydrogens is 154 g/mol. The number of hydrogen-bond donors (Lipinski definition) is 0. The fourth-order valence-electron chi connectivity index (χ4n) is 1.48. The highest BCUT2D eigenvalue weighted by molar-refractivity contribution is 8.14. The van der Waals surface area contributed by atoms with Gasteiger partial charge >= 0.3 is 0 Å². The van der Waals surface area contributed by atoms with E-state index in [9.17, 15) is 0 Å². The van der Waals surface area contributed by atoms with Gasteiger partial charge in [0.05, 0.1) is 16.3 Å². The second-order valence-electron chi connectivity index (χ2n) is 2.97. The molecule has 2 rings (SSSR count). The van der Waals surface area contributed by atoms with Crippen molar-refractivity contribution in [3.63, 3.8) is 0 Å². The molecule has 0 saturated heterocycles. The van der Waals surface area contributed by atoms with E-state index in [1.54, 1.807) is 0 Å². The van der Waals surface area contributed by atoms with Crippen molar-refractivity contribution >= 4 is 16.8 Å². The van der Waals surface area contributed by atoms with Crippen LogP contribution < -0.4 is 0 Å². The minimum absolute atomic E-state index is 0.421. The molecule has 2 unspecified atom stereocenters. The molecule has 0 amide bonds. The molecule has 0 bridgehead atoms. The molecule has 0 aromatic carbocycles. The molecule has 0 saturated carbocycles. The molecule has 11 heavy (non-hydrogen) atoms. The van der Waals surface area contributed by atoms with Gasteiger partial charge in [-0.2, -0.15) is 0 Å². The predicted molar refractivity (Wildman–Crippen MR) is 51.2 cm³/mol. The molecule has 2 atom stereocenters. The summed E-state index contributed by atoms with van der Waals surface area (Å²) >= 11 is 1.89. The Morgan fingerprint density at radius 1 is 1.45 bits per heavy atom. The maximum absolute atomic E-state index is 4.51. The van der Waals surface area contributed by atoms with Gasteiger partial charge in [0.25, 0.3) is 0 Å². The van der Waals surface area contributed by atoms with Gasteiger partial charge in [-0.25, -0.2) is 0 Å². The molecule has 1 aliphatic carbocycles. The molecule has 1 aliphatic heterocycles. The van der Waals surface area contributed by atoms with Crippen molar-refractivity contribution in [3.8, 4) is 0 Å². The summed E-state index contributed by atoms with van der Waals surface area (Å²) in [6, 6.07) is 0.421. The SMILES string of the molecule is CC1=CC=CC2N=C(C)SC12. The van der Waals surface area contributed by atoms with Crippen LogP contribution in [0.3, 0.4) is 0 Å². The topological polar surface area (TPSA) is 12.4 Å². The van der Waals surface area contributed by atoms with Crippen molar-refractivity contribution in [1.82, 2.24) is 0 Å². The lowest BCUT2D eigenvalue weighted by atomic mass is 10.0. The van der Waals surface area contributed by atoms with Crippen LogP contribution in [0.15, 0.2) is 28.8 Å². The average Bonchev–Trinajstić information content (AvgIpc) is 2.31. The Bertz CT molecular complexity index is 263. The van der Waals surface area contributed by atoms with E-state index < -0.39 is 0 Å². The van der Waals surface area contributed by atoms with E-state index in [0.717, 1.165) is 0 Å². The molecule has 0 spiro atoms. The predicted octanol–water partition coefficient (Wildman–Crippen LogP) is 2.40. The molecule has 0 aromatic rings. The third-order valence-electron chi connectivity index (χ3n) is 2.05. The summed E-state index contributed by atoms with van der Waals surface area (Å²) in [7, 11) is 0. The van der Waals surface area contributed by atoms with Gasteiger partial charge in [0, 0.05) is 0 Å². The Kier molecular flexibility index (Phi) is 1.64. The molecule has 58 valence electrons. The number of aliphatic imine (C=N–C) groups is 1. The highest BCUT2D eigenvalue weighted by Gasteiger charge is 2.28. The summed E-state index contributed by atoms with van der Waals surface area (Å²) in [5.74, 6) is 0. The van der Waals surface area contributed by atoms with Gasteiger partial charge < -0.3 is 0 Å². The monoisotopic (exact) mass is 165 g/mol. The fourth-order valence-corrected chi connectivity index (χ4v) is 2.59. The smallest absolute Gasteiger partial charge is 0.0852 e. The van der Waals surface area contributed by atoms with Crippen molar-refractivity contribution in [2.45, 2.75) is 25.1 Å². The number of fused-ring (bicyclic) bond motifs is 1. The second-order valence-corrected chi connectivity index (χ2v) is 4.31. The van der Waals surface area contributed by atoms with Crippen LogP contribution in [0.2, 0.25) is 0 Å². The van der Waals surface area contributed by atoms with Gasteiger partial charge in [-0.15, -0.1) is 11.8 Å². The molecule has 0 N–H and O–H groups in total. The van der Waals surface area contributed by atoms with Crippen LogP contribution in [-0.2, 0) is 0 Å². The summed E-state index contributed by atoms with van der Waals surface area (Å²) in [5, 5.41) is 1.82.